The Morgan fingerprint density at radius 2 is 1.56 bits per heavy atom. The molecule has 0 spiro atoms. The van der Waals surface area contributed by atoms with Gasteiger partial charge in [0.2, 0.25) is 15.9 Å². The summed E-state index contributed by atoms with van der Waals surface area (Å²) in [5, 5.41) is 2.71. The van der Waals surface area contributed by atoms with E-state index in [0.717, 1.165) is 16.7 Å². The number of rotatable bonds is 6. The number of amides is 1. The third-order valence-corrected chi connectivity index (χ3v) is 5.20. The van der Waals surface area contributed by atoms with Crippen molar-refractivity contribution in [1.29, 1.82) is 0 Å². The van der Waals surface area contributed by atoms with Gasteiger partial charge >= 0.3 is 0 Å². The highest BCUT2D eigenvalue weighted by atomic mass is 32.2. The first-order valence-corrected chi connectivity index (χ1v) is 9.63. The number of hydrogen-bond acceptors (Lipinski definition) is 3. The lowest BCUT2D eigenvalue weighted by molar-refractivity contribution is -0.115. The highest BCUT2D eigenvalue weighted by Gasteiger charge is 2.16. The maximum atomic E-state index is 12.3. The van der Waals surface area contributed by atoms with Gasteiger partial charge in [-0.2, -0.15) is 0 Å². The lowest BCUT2D eigenvalue weighted by Crippen LogP contribution is -2.32. The van der Waals surface area contributed by atoms with Crippen LogP contribution in [0, 0.1) is 13.8 Å². The van der Waals surface area contributed by atoms with Gasteiger partial charge in [0, 0.05) is 5.69 Å². The zero-order valence-electron chi connectivity index (χ0n) is 15.0. The number of benzene rings is 2. The van der Waals surface area contributed by atoms with Gasteiger partial charge in [-0.1, -0.05) is 32.0 Å². The summed E-state index contributed by atoms with van der Waals surface area (Å²) >= 11 is 0. The molecule has 6 heteroatoms. The largest absolute Gasteiger partial charge is 0.325 e. The van der Waals surface area contributed by atoms with E-state index in [-0.39, 0.29) is 11.4 Å². The van der Waals surface area contributed by atoms with Gasteiger partial charge in [-0.15, -0.1) is 0 Å². The van der Waals surface area contributed by atoms with Gasteiger partial charge in [-0.25, -0.2) is 13.1 Å². The van der Waals surface area contributed by atoms with E-state index < -0.39 is 15.9 Å². The first-order chi connectivity index (χ1) is 11.7. The molecule has 0 aliphatic carbocycles. The Labute approximate surface area is 149 Å². The maximum Gasteiger partial charge on any atom is 0.241 e. The molecule has 2 aromatic rings. The lowest BCUT2D eigenvalue weighted by Gasteiger charge is -2.10. The molecule has 1 amide bonds. The fourth-order valence-corrected chi connectivity index (χ4v) is 3.51. The zero-order chi connectivity index (χ0) is 18.6. The predicted molar refractivity (Wildman–Crippen MR) is 100 cm³/mol. The SMILES string of the molecule is Cc1cc(C)cc(NC(=O)CNS(=O)(=O)c2ccc(C(C)C)cc2)c1. The van der Waals surface area contributed by atoms with E-state index in [1.54, 1.807) is 24.3 Å². The summed E-state index contributed by atoms with van der Waals surface area (Å²) < 4.78 is 26.9. The quantitative estimate of drug-likeness (QED) is 0.829. The smallest absolute Gasteiger partial charge is 0.241 e. The van der Waals surface area contributed by atoms with E-state index >= 15 is 0 Å². The standard InChI is InChI=1S/C19H24N2O3S/c1-13(2)16-5-7-18(8-6-16)25(23,24)20-12-19(22)21-17-10-14(3)9-15(4)11-17/h5-11,13,20H,12H2,1-4H3,(H,21,22). The van der Waals surface area contributed by atoms with Crippen molar-refractivity contribution in [2.45, 2.75) is 38.5 Å². The molecule has 2 aromatic carbocycles. The first kappa shape index (κ1) is 19.1. The molecule has 0 aromatic heterocycles. The Morgan fingerprint density at radius 1 is 1.00 bits per heavy atom. The predicted octanol–water partition coefficient (Wildman–Crippen LogP) is 3.34. The number of hydrogen-bond donors (Lipinski definition) is 2. The van der Waals surface area contributed by atoms with Crippen LogP contribution in [0.2, 0.25) is 0 Å². The fourth-order valence-electron chi connectivity index (χ4n) is 2.53. The summed E-state index contributed by atoms with van der Waals surface area (Å²) in [6.07, 6.45) is 0. The molecule has 0 heterocycles. The minimum Gasteiger partial charge on any atom is -0.325 e. The number of nitrogens with one attached hydrogen (secondary N) is 2. The molecule has 25 heavy (non-hydrogen) atoms. The summed E-state index contributed by atoms with van der Waals surface area (Å²) in [5.41, 5.74) is 3.77. The van der Waals surface area contributed by atoms with Gasteiger partial charge in [0.05, 0.1) is 11.4 Å². The van der Waals surface area contributed by atoms with Crippen molar-refractivity contribution in [3.63, 3.8) is 0 Å². The van der Waals surface area contributed by atoms with Crippen molar-refractivity contribution >= 4 is 21.6 Å². The zero-order valence-corrected chi connectivity index (χ0v) is 15.8. The van der Waals surface area contributed by atoms with E-state index in [0.29, 0.717) is 11.6 Å². The van der Waals surface area contributed by atoms with Gasteiger partial charge < -0.3 is 5.32 Å². The average molecular weight is 360 g/mol. The number of carbonyl (C=O) groups excluding carboxylic acids is 1. The van der Waals surface area contributed by atoms with Crippen molar-refractivity contribution in [2.24, 2.45) is 0 Å². The molecule has 134 valence electrons. The van der Waals surface area contributed by atoms with Gasteiger partial charge in [-0.05, 0) is 60.7 Å². The lowest BCUT2D eigenvalue weighted by atomic mass is 10.0. The topological polar surface area (TPSA) is 75.3 Å². The second kappa shape index (κ2) is 7.80. The average Bonchev–Trinajstić information content (AvgIpc) is 2.52. The fraction of sp³-hybridized carbons (Fsp3) is 0.316. The summed E-state index contributed by atoms with van der Waals surface area (Å²) in [4.78, 5) is 12.2. The molecule has 5 nitrogen and oxygen atoms in total. The monoisotopic (exact) mass is 360 g/mol. The molecular formula is C19H24N2O3S. The summed E-state index contributed by atoms with van der Waals surface area (Å²) in [6.45, 7) is 7.64. The van der Waals surface area contributed by atoms with Crippen LogP contribution in [-0.4, -0.2) is 20.9 Å². The van der Waals surface area contributed by atoms with Gasteiger partial charge in [0.1, 0.15) is 0 Å². The molecule has 2 rings (SSSR count). The first-order valence-electron chi connectivity index (χ1n) is 8.15. The van der Waals surface area contributed by atoms with Gasteiger partial charge in [0.15, 0.2) is 0 Å². The van der Waals surface area contributed by atoms with E-state index in [1.807, 2.05) is 45.9 Å². The second-order valence-corrected chi connectivity index (χ2v) is 8.24. The van der Waals surface area contributed by atoms with Crippen LogP contribution in [0.3, 0.4) is 0 Å². The Morgan fingerprint density at radius 3 is 2.08 bits per heavy atom. The van der Waals surface area contributed by atoms with Crippen LogP contribution < -0.4 is 10.0 Å². The van der Waals surface area contributed by atoms with Gasteiger partial charge in [-0.3, -0.25) is 4.79 Å². The number of carbonyl (C=O) groups is 1. The van der Waals surface area contributed by atoms with E-state index in [4.69, 9.17) is 0 Å². The van der Waals surface area contributed by atoms with E-state index in [2.05, 4.69) is 10.0 Å². The van der Waals surface area contributed by atoms with E-state index in [9.17, 15) is 13.2 Å². The normalized spacial score (nSPS) is 11.6. The van der Waals surface area contributed by atoms with Crippen molar-refractivity contribution in [3.8, 4) is 0 Å². The molecule has 0 radical (unpaired) electrons. The minimum atomic E-state index is -3.72. The van der Waals surface area contributed by atoms with Crippen molar-refractivity contribution in [2.75, 3.05) is 11.9 Å². The van der Waals surface area contributed by atoms with Crippen LogP contribution in [0.4, 0.5) is 5.69 Å². The summed E-state index contributed by atoms with van der Waals surface area (Å²) in [6, 6.07) is 12.4. The van der Waals surface area contributed by atoms with Crippen molar-refractivity contribution < 1.29 is 13.2 Å². The molecule has 0 saturated carbocycles. The Balaban J connectivity index is 2.00. The molecule has 0 aliphatic heterocycles. The van der Waals surface area contributed by atoms with Crippen molar-refractivity contribution in [1.82, 2.24) is 4.72 Å². The highest BCUT2D eigenvalue weighted by molar-refractivity contribution is 7.89. The number of sulfonamides is 1. The Kier molecular flexibility index (Phi) is 5.98. The number of anilines is 1. The van der Waals surface area contributed by atoms with Crippen LogP contribution in [0.25, 0.3) is 0 Å². The third-order valence-electron chi connectivity index (χ3n) is 3.79. The molecule has 0 saturated heterocycles. The second-order valence-electron chi connectivity index (χ2n) is 6.47. The Bertz CT molecular complexity index is 836. The molecular weight excluding hydrogens is 336 g/mol. The van der Waals surface area contributed by atoms with Crippen LogP contribution in [0.15, 0.2) is 47.4 Å². The minimum absolute atomic E-state index is 0.149. The molecule has 2 N–H and O–H groups in total. The van der Waals surface area contributed by atoms with Crippen LogP contribution in [0.5, 0.6) is 0 Å². The van der Waals surface area contributed by atoms with Crippen LogP contribution in [-0.2, 0) is 14.8 Å². The highest BCUT2D eigenvalue weighted by Crippen LogP contribution is 2.17. The van der Waals surface area contributed by atoms with Gasteiger partial charge in [0.25, 0.3) is 0 Å². The summed E-state index contributed by atoms with van der Waals surface area (Å²) in [7, 11) is -3.72. The summed E-state index contributed by atoms with van der Waals surface area (Å²) in [5.74, 6) is -0.0827. The molecule has 0 unspecified atom stereocenters. The molecule has 0 fully saturated rings. The molecule has 0 bridgehead atoms. The third kappa shape index (κ3) is 5.41. The molecule has 0 aliphatic rings. The van der Waals surface area contributed by atoms with Crippen LogP contribution >= 0.6 is 0 Å². The number of aryl methyl sites for hydroxylation is 2. The molecule has 0 atom stereocenters. The van der Waals surface area contributed by atoms with Crippen molar-refractivity contribution in [3.05, 3.63) is 59.2 Å². The van der Waals surface area contributed by atoms with Crippen LogP contribution in [0.1, 0.15) is 36.5 Å². The van der Waals surface area contributed by atoms with E-state index in [1.165, 1.54) is 0 Å². The Hall–Kier alpha value is -2.18. The maximum absolute atomic E-state index is 12.3.